The Morgan fingerprint density at radius 1 is 0.900 bits per heavy atom. The van der Waals surface area contributed by atoms with E-state index in [0.717, 1.165) is 27.0 Å². The molecule has 6 rings (SSSR count). The largest absolute Gasteiger partial charge is 0.488 e. The Kier molecular flexibility index (Phi) is 9.02. The van der Waals surface area contributed by atoms with E-state index in [9.17, 15) is 39.0 Å². The molecule has 1 unspecified atom stereocenters. The summed E-state index contributed by atoms with van der Waals surface area (Å²) in [6.45, 7) is 5.32. The maximum atomic E-state index is 13.3. The number of aliphatic carboxylic acids is 1. The van der Waals surface area contributed by atoms with Gasteiger partial charge in [-0.1, -0.05) is 30.3 Å². The van der Waals surface area contributed by atoms with E-state index >= 15 is 0 Å². The van der Waals surface area contributed by atoms with E-state index in [2.05, 4.69) is 0 Å². The highest BCUT2D eigenvalue weighted by molar-refractivity contribution is 6.06. The van der Waals surface area contributed by atoms with Crippen LogP contribution in [-0.4, -0.2) is 92.6 Å². The molecule has 50 heavy (non-hydrogen) atoms. The summed E-state index contributed by atoms with van der Waals surface area (Å²) < 4.78 is 16.9. The molecule has 3 heterocycles. The Hall–Kier alpha value is -5.46. The van der Waals surface area contributed by atoms with Gasteiger partial charge < -0.3 is 24.4 Å². The zero-order valence-corrected chi connectivity index (χ0v) is 28.0. The first-order valence-corrected chi connectivity index (χ1v) is 16.5. The number of esters is 1. The Bertz CT molecular complexity index is 1930. The lowest BCUT2D eigenvalue weighted by molar-refractivity contribution is -0.148. The van der Waals surface area contributed by atoms with Gasteiger partial charge in [-0.15, -0.1) is 0 Å². The number of hydrogen-bond acceptors (Lipinski definition) is 9. The molecule has 3 aromatic rings. The minimum atomic E-state index is -1.80. The molecule has 3 aliphatic heterocycles. The zero-order valence-electron chi connectivity index (χ0n) is 28.0. The van der Waals surface area contributed by atoms with Crippen LogP contribution in [0, 0.1) is 0 Å². The van der Waals surface area contributed by atoms with Crippen molar-refractivity contribution in [2.75, 3.05) is 19.7 Å². The number of carboxylic acid groups (broad SMARTS) is 2. The summed E-state index contributed by atoms with van der Waals surface area (Å²) >= 11 is 0. The highest BCUT2D eigenvalue weighted by atomic mass is 16.6. The summed E-state index contributed by atoms with van der Waals surface area (Å²) in [5, 5.41) is 20.9. The van der Waals surface area contributed by atoms with Crippen molar-refractivity contribution in [1.29, 1.82) is 0 Å². The summed E-state index contributed by atoms with van der Waals surface area (Å²) in [6, 6.07) is 13.0. The highest BCUT2D eigenvalue weighted by Gasteiger charge is 2.51. The maximum Gasteiger partial charge on any atom is 0.411 e. The van der Waals surface area contributed by atoms with Gasteiger partial charge in [0, 0.05) is 41.6 Å². The lowest BCUT2D eigenvalue weighted by atomic mass is 9.87. The van der Waals surface area contributed by atoms with Crippen LogP contribution >= 0.6 is 0 Å². The second kappa shape index (κ2) is 13.1. The topological polar surface area (TPSA) is 177 Å². The molecule has 2 atom stereocenters. The van der Waals surface area contributed by atoms with E-state index < -0.39 is 65.9 Å². The van der Waals surface area contributed by atoms with Crippen LogP contribution < -0.4 is 4.74 Å². The van der Waals surface area contributed by atoms with Gasteiger partial charge in [-0.05, 0) is 81.2 Å². The fraction of sp³-hybridized carbons (Fsp3) is 0.405. The van der Waals surface area contributed by atoms with E-state index in [1.54, 1.807) is 57.2 Å². The number of nitrogens with zero attached hydrogens (tertiary/aromatic N) is 2. The number of carbonyl (C=O) groups excluding carboxylic acids is 4. The van der Waals surface area contributed by atoms with Gasteiger partial charge in [0.25, 0.3) is 0 Å². The maximum absolute atomic E-state index is 13.3. The minimum absolute atomic E-state index is 0.0529. The predicted molar refractivity (Wildman–Crippen MR) is 178 cm³/mol. The van der Waals surface area contributed by atoms with Gasteiger partial charge in [0.05, 0.1) is 0 Å². The van der Waals surface area contributed by atoms with Crippen molar-refractivity contribution in [3.8, 4) is 16.9 Å². The quantitative estimate of drug-likeness (QED) is 0.220. The Balaban J connectivity index is 1.15. The highest BCUT2D eigenvalue weighted by Crippen LogP contribution is 2.43. The van der Waals surface area contributed by atoms with E-state index in [1.165, 1.54) is 4.90 Å². The van der Waals surface area contributed by atoms with Crippen LogP contribution in [0.3, 0.4) is 0 Å². The van der Waals surface area contributed by atoms with Crippen LogP contribution in [0.25, 0.3) is 21.9 Å². The van der Waals surface area contributed by atoms with Crippen LogP contribution in [0.15, 0.2) is 48.5 Å². The van der Waals surface area contributed by atoms with Crippen molar-refractivity contribution in [2.45, 2.75) is 76.7 Å². The summed E-state index contributed by atoms with van der Waals surface area (Å²) in [5.41, 5.74) is 0.467. The molecule has 13 heteroatoms. The SMILES string of the molecule is CC(C)(C)OC(=O)N1CCC[C@H]1C(=O)OCC(=O)c1ccc2c(c1)COc1c-2ccc2cc(C(=O)CC3(C(=O)O)CCCN3C(=O)O)ccc12. The van der Waals surface area contributed by atoms with Crippen LogP contribution in [0.5, 0.6) is 5.75 Å². The third-order valence-electron chi connectivity index (χ3n) is 9.45. The number of ether oxygens (including phenoxy) is 3. The van der Waals surface area contributed by atoms with Crippen molar-refractivity contribution in [3.05, 3.63) is 65.2 Å². The molecule has 0 radical (unpaired) electrons. The van der Waals surface area contributed by atoms with E-state index in [4.69, 9.17) is 14.2 Å². The molecule has 0 bridgehead atoms. The number of likely N-dealkylation sites (tertiary alicyclic amines) is 2. The molecule has 2 N–H and O–H groups in total. The van der Waals surface area contributed by atoms with E-state index in [-0.39, 0.29) is 25.1 Å². The molecule has 13 nitrogen and oxygen atoms in total. The molecule has 2 fully saturated rings. The van der Waals surface area contributed by atoms with Gasteiger partial charge >= 0.3 is 24.1 Å². The van der Waals surface area contributed by atoms with Gasteiger partial charge in [0.2, 0.25) is 0 Å². The Morgan fingerprint density at radius 2 is 1.62 bits per heavy atom. The summed E-state index contributed by atoms with van der Waals surface area (Å²) in [7, 11) is 0. The molecule has 262 valence electrons. The van der Waals surface area contributed by atoms with Gasteiger partial charge in [0.1, 0.15) is 24.0 Å². The standard InChI is InChI=1S/C37H38N2O11/c1-36(2,3)50-35(47)38-14-4-6-28(38)32(42)49-20-30(41)23-8-10-25-24(17-23)19-48-31-26-11-9-22(16-21(26)7-12-27(25)31)29(40)18-37(33(43)44)13-5-15-39(37)34(45)46/h7-12,16-17,28H,4-6,13-15,18-20H2,1-3H3,(H,43,44)(H,45,46)/t28-,37?/m0/s1. The first-order chi connectivity index (χ1) is 23.7. The van der Waals surface area contributed by atoms with Crippen molar-refractivity contribution in [3.63, 3.8) is 0 Å². The second-order valence-electron chi connectivity index (χ2n) is 13.9. The first-order valence-electron chi connectivity index (χ1n) is 16.5. The molecule has 0 aromatic heterocycles. The third-order valence-corrected chi connectivity index (χ3v) is 9.45. The van der Waals surface area contributed by atoms with Gasteiger partial charge in [-0.25, -0.2) is 19.2 Å². The van der Waals surface area contributed by atoms with Crippen molar-refractivity contribution < 1.29 is 53.2 Å². The number of carbonyl (C=O) groups is 6. The summed E-state index contributed by atoms with van der Waals surface area (Å²) in [5.74, 6) is -2.29. The monoisotopic (exact) mass is 686 g/mol. The predicted octanol–water partition coefficient (Wildman–Crippen LogP) is 5.69. The summed E-state index contributed by atoms with van der Waals surface area (Å²) in [6.07, 6.45) is -0.980. The molecule has 0 saturated carbocycles. The number of fused-ring (bicyclic) bond motifs is 5. The fourth-order valence-electron chi connectivity index (χ4n) is 7.02. The van der Waals surface area contributed by atoms with Crippen molar-refractivity contribution in [2.24, 2.45) is 0 Å². The normalized spacial score (nSPS) is 19.7. The van der Waals surface area contributed by atoms with Gasteiger partial charge in [-0.3, -0.25) is 19.4 Å². The number of hydrogen-bond donors (Lipinski definition) is 2. The third kappa shape index (κ3) is 6.47. The van der Waals surface area contributed by atoms with E-state index in [0.29, 0.717) is 42.5 Å². The number of amides is 2. The summed E-state index contributed by atoms with van der Waals surface area (Å²) in [4.78, 5) is 77.9. The minimum Gasteiger partial charge on any atom is -0.488 e. The molecular weight excluding hydrogens is 648 g/mol. The number of ketones is 2. The Morgan fingerprint density at radius 3 is 2.34 bits per heavy atom. The molecule has 2 amide bonds. The van der Waals surface area contributed by atoms with Crippen molar-refractivity contribution in [1.82, 2.24) is 9.80 Å². The number of carboxylic acids is 1. The molecule has 0 spiro atoms. The molecule has 0 aliphatic carbocycles. The number of benzene rings is 3. The van der Waals surface area contributed by atoms with Crippen molar-refractivity contribution >= 4 is 46.5 Å². The van der Waals surface area contributed by atoms with Crippen LogP contribution in [0.2, 0.25) is 0 Å². The molecule has 2 saturated heterocycles. The van der Waals surface area contributed by atoms with Crippen LogP contribution in [0.1, 0.15) is 79.2 Å². The average Bonchev–Trinajstić information content (AvgIpc) is 3.74. The van der Waals surface area contributed by atoms with Crippen LogP contribution in [-0.2, 0) is 25.7 Å². The smallest absolute Gasteiger partial charge is 0.411 e. The first kappa shape index (κ1) is 34.4. The number of Topliss-reactive ketones (excluding diaryl/α,β-unsaturated/α-hetero) is 2. The molecule has 3 aromatic carbocycles. The van der Waals surface area contributed by atoms with Crippen LogP contribution in [0.4, 0.5) is 9.59 Å². The Labute approximate surface area is 287 Å². The second-order valence-corrected chi connectivity index (χ2v) is 13.9. The molecular formula is C37H38N2O11. The van der Waals surface area contributed by atoms with E-state index in [1.807, 2.05) is 12.1 Å². The zero-order chi connectivity index (χ0) is 36.0. The average molecular weight is 687 g/mol. The van der Waals surface area contributed by atoms with Gasteiger partial charge in [0.15, 0.2) is 23.7 Å². The number of rotatable bonds is 8. The lowest BCUT2D eigenvalue weighted by Crippen LogP contribution is -2.53. The molecule has 3 aliphatic rings. The fourth-order valence-corrected chi connectivity index (χ4v) is 7.02. The van der Waals surface area contributed by atoms with Gasteiger partial charge in [-0.2, -0.15) is 0 Å². The lowest BCUT2D eigenvalue weighted by Gasteiger charge is -2.32.